The number of nitrogens with one attached hydrogen (secondary N) is 1. The summed E-state index contributed by atoms with van der Waals surface area (Å²) in [6.07, 6.45) is 2.34. The van der Waals surface area contributed by atoms with Gasteiger partial charge >= 0.3 is 0 Å². The fourth-order valence-corrected chi connectivity index (χ4v) is 5.37. The van der Waals surface area contributed by atoms with Gasteiger partial charge in [-0.1, -0.05) is 24.3 Å². The Morgan fingerprint density at radius 3 is 2.54 bits per heavy atom. The van der Waals surface area contributed by atoms with Gasteiger partial charge in [-0.3, -0.25) is 4.90 Å². The normalized spacial score (nSPS) is 20.8. The van der Waals surface area contributed by atoms with Gasteiger partial charge in [-0.2, -0.15) is 0 Å². The van der Waals surface area contributed by atoms with Crippen LogP contribution in [0.4, 0.5) is 0 Å². The molecule has 2 aliphatic rings. The molecule has 2 aliphatic heterocycles. The molecular weight excluding hydrogens is 346 g/mol. The van der Waals surface area contributed by atoms with Gasteiger partial charge < -0.3 is 14.6 Å². The molecule has 1 aromatic heterocycles. The molecule has 2 saturated heterocycles. The number of fused-ring (bicyclic) bond motifs is 3. The average Bonchev–Trinajstić information content (AvgIpc) is 3.09. The van der Waals surface area contributed by atoms with Crippen molar-refractivity contribution in [2.45, 2.75) is 32.4 Å². The fraction of sp³-hybridized carbons (Fsp3) is 0.500. The van der Waals surface area contributed by atoms with E-state index in [0.29, 0.717) is 12.0 Å². The Kier molecular flexibility index (Phi) is 5.10. The highest BCUT2D eigenvalue weighted by Crippen LogP contribution is 2.38. The van der Waals surface area contributed by atoms with E-state index in [9.17, 15) is 0 Å². The van der Waals surface area contributed by atoms with Crippen molar-refractivity contribution in [2.24, 2.45) is 5.92 Å². The largest absolute Gasteiger partial charge is 0.381 e. The second kappa shape index (κ2) is 7.86. The number of aryl methyl sites for hydroxylation is 1. The third kappa shape index (κ3) is 3.14. The summed E-state index contributed by atoms with van der Waals surface area (Å²) in [4.78, 5) is 2.71. The fourth-order valence-electron chi connectivity index (χ4n) is 5.37. The highest BCUT2D eigenvalue weighted by atomic mass is 16.5. The zero-order valence-corrected chi connectivity index (χ0v) is 16.9. The standard InChI is InChI=1S/C24H31N3O/c1-2-27-22-6-4-3-5-20(22)21-17-19(7-8-23(21)27)24(18-9-15-28-16-10-18)26-13-11-25-12-14-26/h3-8,17-18,24-25H,2,9-16H2,1H3/t24-/m0/s1. The van der Waals surface area contributed by atoms with Crippen molar-refractivity contribution in [2.75, 3.05) is 39.4 Å². The summed E-state index contributed by atoms with van der Waals surface area (Å²) >= 11 is 0. The highest BCUT2D eigenvalue weighted by molar-refractivity contribution is 6.08. The lowest BCUT2D eigenvalue weighted by molar-refractivity contribution is 0.0213. The van der Waals surface area contributed by atoms with E-state index in [0.717, 1.165) is 45.9 Å². The monoisotopic (exact) mass is 377 g/mol. The first-order valence-corrected chi connectivity index (χ1v) is 10.9. The van der Waals surface area contributed by atoms with Gasteiger partial charge in [0.15, 0.2) is 0 Å². The van der Waals surface area contributed by atoms with Crippen molar-refractivity contribution in [1.29, 1.82) is 0 Å². The van der Waals surface area contributed by atoms with E-state index in [1.54, 1.807) is 0 Å². The molecule has 0 bridgehead atoms. The molecule has 3 aromatic rings. The third-order valence-corrected chi connectivity index (χ3v) is 6.71. The first-order valence-electron chi connectivity index (χ1n) is 10.9. The van der Waals surface area contributed by atoms with Gasteiger partial charge in [0.1, 0.15) is 0 Å². The van der Waals surface area contributed by atoms with Crippen LogP contribution < -0.4 is 5.32 Å². The summed E-state index contributed by atoms with van der Waals surface area (Å²) in [5.74, 6) is 0.684. The molecule has 3 heterocycles. The van der Waals surface area contributed by atoms with Crippen LogP contribution in [0, 0.1) is 5.92 Å². The van der Waals surface area contributed by atoms with E-state index in [1.807, 2.05) is 0 Å². The minimum absolute atomic E-state index is 0.499. The van der Waals surface area contributed by atoms with Crippen molar-refractivity contribution >= 4 is 21.8 Å². The lowest BCUT2D eigenvalue weighted by Gasteiger charge is -2.41. The molecule has 148 valence electrons. The van der Waals surface area contributed by atoms with Crippen LogP contribution in [0.3, 0.4) is 0 Å². The third-order valence-electron chi connectivity index (χ3n) is 6.71. The Morgan fingerprint density at radius 1 is 1.00 bits per heavy atom. The van der Waals surface area contributed by atoms with Crippen LogP contribution >= 0.6 is 0 Å². The maximum atomic E-state index is 5.68. The second-order valence-electron chi connectivity index (χ2n) is 8.22. The number of hydrogen-bond donors (Lipinski definition) is 1. The van der Waals surface area contributed by atoms with Crippen LogP contribution in [0.2, 0.25) is 0 Å². The molecule has 0 aliphatic carbocycles. The summed E-state index contributed by atoms with van der Waals surface area (Å²) in [6.45, 7) is 9.52. The average molecular weight is 378 g/mol. The van der Waals surface area contributed by atoms with Crippen LogP contribution in [-0.2, 0) is 11.3 Å². The van der Waals surface area contributed by atoms with Crippen LogP contribution in [0.15, 0.2) is 42.5 Å². The highest BCUT2D eigenvalue weighted by Gasteiger charge is 2.31. The topological polar surface area (TPSA) is 29.4 Å². The quantitative estimate of drug-likeness (QED) is 0.739. The van der Waals surface area contributed by atoms with Crippen molar-refractivity contribution in [1.82, 2.24) is 14.8 Å². The van der Waals surface area contributed by atoms with Gasteiger partial charge in [0.25, 0.3) is 0 Å². The molecule has 2 fully saturated rings. The molecule has 1 atom stereocenters. The zero-order chi connectivity index (χ0) is 18.9. The van der Waals surface area contributed by atoms with E-state index in [2.05, 4.69) is 64.2 Å². The number of para-hydroxylation sites is 1. The van der Waals surface area contributed by atoms with Crippen molar-refractivity contribution in [3.05, 3.63) is 48.0 Å². The van der Waals surface area contributed by atoms with E-state index >= 15 is 0 Å². The smallest absolute Gasteiger partial charge is 0.0491 e. The number of ether oxygens (including phenoxy) is 1. The van der Waals surface area contributed by atoms with Gasteiger partial charge in [0.05, 0.1) is 0 Å². The molecule has 0 unspecified atom stereocenters. The molecule has 28 heavy (non-hydrogen) atoms. The molecular formula is C24H31N3O. The zero-order valence-electron chi connectivity index (χ0n) is 16.9. The van der Waals surface area contributed by atoms with E-state index in [-0.39, 0.29) is 0 Å². The van der Waals surface area contributed by atoms with Gasteiger partial charge in [-0.15, -0.1) is 0 Å². The number of hydrogen-bond acceptors (Lipinski definition) is 3. The summed E-state index contributed by atoms with van der Waals surface area (Å²) in [5, 5.41) is 6.31. The van der Waals surface area contributed by atoms with E-state index in [4.69, 9.17) is 4.74 Å². The Balaban J connectivity index is 1.62. The second-order valence-corrected chi connectivity index (χ2v) is 8.22. The number of nitrogens with zero attached hydrogens (tertiary/aromatic N) is 2. The molecule has 0 saturated carbocycles. The first-order chi connectivity index (χ1) is 13.9. The number of rotatable bonds is 4. The summed E-state index contributed by atoms with van der Waals surface area (Å²) in [5.41, 5.74) is 4.20. The number of aromatic nitrogens is 1. The Labute approximate surface area is 167 Å². The Bertz CT molecular complexity index is 933. The lowest BCUT2D eigenvalue weighted by Crippen LogP contribution is -2.47. The van der Waals surface area contributed by atoms with Gasteiger partial charge in [-0.05, 0) is 49.4 Å². The van der Waals surface area contributed by atoms with Crippen LogP contribution in [0.1, 0.15) is 31.4 Å². The first kappa shape index (κ1) is 18.2. The molecule has 4 nitrogen and oxygen atoms in total. The molecule has 0 spiro atoms. The predicted octanol–water partition coefficient (Wildman–Crippen LogP) is 4.19. The molecule has 0 radical (unpaired) electrons. The molecule has 0 amide bonds. The van der Waals surface area contributed by atoms with Gasteiger partial charge in [-0.25, -0.2) is 0 Å². The van der Waals surface area contributed by atoms with Crippen LogP contribution in [0.25, 0.3) is 21.8 Å². The molecule has 1 N–H and O–H groups in total. The lowest BCUT2D eigenvalue weighted by atomic mass is 9.85. The van der Waals surface area contributed by atoms with E-state index < -0.39 is 0 Å². The van der Waals surface area contributed by atoms with Crippen LogP contribution in [-0.4, -0.2) is 48.9 Å². The maximum Gasteiger partial charge on any atom is 0.0491 e. The minimum Gasteiger partial charge on any atom is -0.381 e. The SMILES string of the molecule is CCn1c2ccccc2c2cc([C@H](C3CCOCC3)N3CCNCC3)ccc21. The van der Waals surface area contributed by atoms with Crippen LogP contribution in [0.5, 0.6) is 0 Å². The minimum atomic E-state index is 0.499. The van der Waals surface area contributed by atoms with Crippen molar-refractivity contribution < 1.29 is 4.74 Å². The predicted molar refractivity (Wildman–Crippen MR) is 116 cm³/mol. The summed E-state index contributed by atoms with van der Waals surface area (Å²) in [6, 6.07) is 16.6. The summed E-state index contributed by atoms with van der Waals surface area (Å²) < 4.78 is 8.13. The number of benzene rings is 2. The maximum absolute atomic E-state index is 5.68. The Morgan fingerprint density at radius 2 is 1.75 bits per heavy atom. The van der Waals surface area contributed by atoms with Crippen molar-refractivity contribution in [3.63, 3.8) is 0 Å². The molecule has 2 aromatic carbocycles. The molecule has 5 rings (SSSR count). The van der Waals surface area contributed by atoms with Gasteiger partial charge in [0.2, 0.25) is 0 Å². The Hall–Kier alpha value is -1.88. The van der Waals surface area contributed by atoms with Gasteiger partial charge in [0, 0.05) is 73.8 Å². The number of piperazine rings is 1. The summed E-state index contributed by atoms with van der Waals surface area (Å²) in [7, 11) is 0. The van der Waals surface area contributed by atoms with Crippen molar-refractivity contribution in [3.8, 4) is 0 Å². The van der Waals surface area contributed by atoms with E-state index in [1.165, 1.54) is 40.2 Å². The molecule has 4 heteroatoms.